The first-order chi connectivity index (χ1) is 19.9. The highest BCUT2D eigenvalue weighted by Gasteiger charge is 2.16. The summed E-state index contributed by atoms with van der Waals surface area (Å²) >= 11 is 1.29. The Balaban J connectivity index is 1.45. The predicted molar refractivity (Wildman–Crippen MR) is 160 cm³/mol. The van der Waals surface area contributed by atoms with E-state index in [0.29, 0.717) is 29.3 Å². The van der Waals surface area contributed by atoms with Crippen molar-refractivity contribution in [2.24, 2.45) is 0 Å². The van der Waals surface area contributed by atoms with E-state index < -0.39 is 17.6 Å². The van der Waals surface area contributed by atoms with Crippen molar-refractivity contribution in [3.63, 3.8) is 0 Å². The molecule has 0 aromatic heterocycles. The lowest BCUT2D eigenvalue weighted by Gasteiger charge is -2.13. The molecule has 9 heteroatoms. The average Bonchev–Trinajstić information content (AvgIpc) is 2.98. The van der Waals surface area contributed by atoms with E-state index >= 15 is 0 Å². The lowest BCUT2D eigenvalue weighted by Crippen LogP contribution is -2.30. The van der Waals surface area contributed by atoms with E-state index in [1.807, 2.05) is 25.1 Å². The van der Waals surface area contributed by atoms with Gasteiger partial charge >= 0.3 is 0 Å². The molecule has 3 amide bonds. The van der Waals surface area contributed by atoms with Crippen LogP contribution in [-0.4, -0.2) is 30.1 Å². The van der Waals surface area contributed by atoms with E-state index in [1.54, 1.807) is 66.7 Å². The summed E-state index contributed by atoms with van der Waals surface area (Å²) in [5.41, 5.74) is 1.39. The summed E-state index contributed by atoms with van der Waals surface area (Å²) in [7, 11) is 0. The number of halogens is 1. The molecule has 0 aliphatic rings. The van der Waals surface area contributed by atoms with E-state index in [0.717, 1.165) is 4.90 Å². The Morgan fingerprint density at radius 3 is 2.37 bits per heavy atom. The zero-order valence-corrected chi connectivity index (χ0v) is 23.0. The van der Waals surface area contributed by atoms with Crippen molar-refractivity contribution in [1.82, 2.24) is 5.32 Å². The molecule has 0 saturated carbocycles. The molecule has 0 unspecified atom stereocenters. The summed E-state index contributed by atoms with van der Waals surface area (Å²) in [5.74, 6) is -1.17. The van der Waals surface area contributed by atoms with Crippen LogP contribution in [0.4, 0.5) is 15.8 Å². The first kappa shape index (κ1) is 29.1. The molecule has 0 aliphatic heterocycles. The Kier molecular flexibility index (Phi) is 10.3. The number of amides is 3. The third-order valence-electron chi connectivity index (χ3n) is 5.66. The van der Waals surface area contributed by atoms with Crippen LogP contribution in [0.2, 0.25) is 0 Å². The van der Waals surface area contributed by atoms with Gasteiger partial charge in [-0.05, 0) is 61.5 Å². The average molecular weight is 570 g/mol. The number of thioether (sulfide) groups is 1. The second-order valence-electron chi connectivity index (χ2n) is 8.65. The third kappa shape index (κ3) is 8.55. The number of carbonyl (C=O) groups is 3. The number of nitrogens with one attached hydrogen (secondary N) is 3. The van der Waals surface area contributed by atoms with Crippen LogP contribution >= 0.6 is 11.8 Å². The summed E-state index contributed by atoms with van der Waals surface area (Å²) in [6, 6.07) is 28.5. The van der Waals surface area contributed by atoms with Gasteiger partial charge in [-0.2, -0.15) is 0 Å². The lowest BCUT2D eigenvalue weighted by molar-refractivity contribution is -0.114. The molecule has 41 heavy (non-hydrogen) atoms. The molecule has 4 rings (SSSR count). The van der Waals surface area contributed by atoms with Gasteiger partial charge in [0.2, 0.25) is 5.91 Å². The Bertz CT molecular complexity index is 1560. The van der Waals surface area contributed by atoms with Crippen LogP contribution in [-0.2, 0) is 9.59 Å². The highest BCUT2D eigenvalue weighted by molar-refractivity contribution is 8.00. The quantitative estimate of drug-likeness (QED) is 0.144. The molecular formula is C32H28FN3O4S. The van der Waals surface area contributed by atoms with Crippen LogP contribution < -0.4 is 20.7 Å². The van der Waals surface area contributed by atoms with E-state index in [9.17, 15) is 18.8 Å². The largest absolute Gasteiger partial charge is 0.492 e. The van der Waals surface area contributed by atoms with Crippen molar-refractivity contribution in [1.29, 1.82) is 0 Å². The zero-order valence-electron chi connectivity index (χ0n) is 22.2. The van der Waals surface area contributed by atoms with E-state index in [1.165, 1.54) is 36.0 Å². The van der Waals surface area contributed by atoms with E-state index in [4.69, 9.17) is 4.74 Å². The van der Waals surface area contributed by atoms with Gasteiger partial charge in [0.15, 0.2) is 0 Å². The Morgan fingerprint density at radius 2 is 1.59 bits per heavy atom. The van der Waals surface area contributed by atoms with Crippen molar-refractivity contribution in [2.75, 3.05) is 23.0 Å². The molecule has 3 N–H and O–H groups in total. The van der Waals surface area contributed by atoms with Gasteiger partial charge in [0.05, 0.1) is 18.0 Å². The second kappa shape index (κ2) is 14.5. The van der Waals surface area contributed by atoms with Crippen LogP contribution in [0, 0.1) is 5.82 Å². The number of carbonyl (C=O) groups excluding carboxylic acids is 3. The van der Waals surface area contributed by atoms with Crippen LogP contribution in [0.15, 0.2) is 114 Å². The fourth-order valence-corrected chi connectivity index (χ4v) is 4.49. The Hall–Kier alpha value is -4.89. The number of benzene rings is 4. The number of rotatable bonds is 11. The second-order valence-corrected chi connectivity index (χ2v) is 9.70. The van der Waals surface area contributed by atoms with Gasteiger partial charge in [0.1, 0.15) is 17.3 Å². The SMILES string of the molecule is CCOc1ccccc1NC(=O)CSc1cccc(NC(=O)/C(=C/c2ccccc2F)NC(=O)c2ccccc2)c1. The smallest absolute Gasteiger partial charge is 0.272 e. The van der Waals surface area contributed by atoms with Crippen molar-refractivity contribution in [2.45, 2.75) is 11.8 Å². The first-order valence-corrected chi connectivity index (χ1v) is 13.8. The number of para-hydroxylation sites is 2. The summed E-state index contributed by atoms with van der Waals surface area (Å²) in [6.07, 6.45) is 1.29. The minimum atomic E-state index is -0.634. The summed E-state index contributed by atoms with van der Waals surface area (Å²) in [4.78, 5) is 39.4. The van der Waals surface area contributed by atoms with Gasteiger partial charge in [-0.15, -0.1) is 11.8 Å². The van der Waals surface area contributed by atoms with Gasteiger partial charge in [-0.3, -0.25) is 14.4 Å². The monoisotopic (exact) mass is 569 g/mol. The molecule has 4 aromatic rings. The van der Waals surface area contributed by atoms with E-state index in [2.05, 4.69) is 16.0 Å². The Labute approximate surface area is 241 Å². The predicted octanol–water partition coefficient (Wildman–Crippen LogP) is 6.36. The maximum absolute atomic E-state index is 14.4. The normalized spacial score (nSPS) is 10.9. The van der Waals surface area contributed by atoms with Crippen molar-refractivity contribution >= 4 is 46.9 Å². The van der Waals surface area contributed by atoms with E-state index in [-0.39, 0.29) is 22.9 Å². The summed E-state index contributed by atoms with van der Waals surface area (Å²) in [5, 5.41) is 8.20. The molecule has 0 radical (unpaired) electrons. The minimum absolute atomic E-state index is 0.128. The molecule has 0 bridgehead atoms. The lowest BCUT2D eigenvalue weighted by atomic mass is 10.1. The Morgan fingerprint density at radius 1 is 0.854 bits per heavy atom. The van der Waals surface area contributed by atoms with Gasteiger partial charge in [0, 0.05) is 21.7 Å². The maximum Gasteiger partial charge on any atom is 0.272 e. The van der Waals surface area contributed by atoms with Gasteiger partial charge in [-0.1, -0.05) is 54.6 Å². The molecule has 7 nitrogen and oxygen atoms in total. The third-order valence-corrected chi connectivity index (χ3v) is 6.65. The number of anilines is 2. The highest BCUT2D eigenvalue weighted by atomic mass is 32.2. The first-order valence-electron chi connectivity index (χ1n) is 12.8. The van der Waals surface area contributed by atoms with Crippen LogP contribution in [0.25, 0.3) is 6.08 Å². The zero-order chi connectivity index (χ0) is 29.0. The maximum atomic E-state index is 14.4. The summed E-state index contributed by atoms with van der Waals surface area (Å²) < 4.78 is 19.9. The summed E-state index contributed by atoms with van der Waals surface area (Å²) in [6.45, 7) is 2.35. The van der Waals surface area contributed by atoms with Crippen LogP contribution in [0.3, 0.4) is 0 Å². The molecule has 0 fully saturated rings. The highest BCUT2D eigenvalue weighted by Crippen LogP contribution is 2.26. The molecule has 0 aliphatic carbocycles. The van der Waals surface area contributed by atoms with Crippen LogP contribution in [0.5, 0.6) is 5.75 Å². The molecule has 0 saturated heterocycles. The minimum Gasteiger partial charge on any atom is -0.492 e. The fraction of sp³-hybridized carbons (Fsp3) is 0.0938. The van der Waals surface area contributed by atoms with Crippen molar-refractivity contribution in [3.05, 3.63) is 126 Å². The molecular weight excluding hydrogens is 541 g/mol. The molecule has 0 atom stereocenters. The topological polar surface area (TPSA) is 96.5 Å². The molecule has 4 aromatic carbocycles. The fourth-order valence-electron chi connectivity index (χ4n) is 3.74. The van der Waals surface area contributed by atoms with Crippen LogP contribution in [0.1, 0.15) is 22.8 Å². The molecule has 0 heterocycles. The van der Waals surface area contributed by atoms with Gasteiger partial charge < -0.3 is 20.7 Å². The number of ether oxygens (including phenoxy) is 1. The molecule has 208 valence electrons. The number of hydrogen-bond donors (Lipinski definition) is 3. The van der Waals surface area contributed by atoms with Gasteiger partial charge in [0.25, 0.3) is 11.8 Å². The standard InChI is InChI=1S/C32H28FN3O4S/c1-2-40-29-18-9-8-17-27(29)35-30(37)21-41-25-15-10-14-24(20-25)34-32(39)28(19-23-13-6-7-16-26(23)33)36-31(38)22-11-4-3-5-12-22/h3-20H,2,21H2,1H3,(H,34,39)(H,35,37)(H,36,38)/b28-19-. The van der Waals surface area contributed by atoms with Crippen molar-refractivity contribution < 1.29 is 23.5 Å². The molecule has 0 spiro atoms. The van der Waals surface area contributed by atoms with Gasteiger partial charge in [-0.25, -0.2) is 4.39 Å². The number of hydrogen-bond acceptors (Lipinski definition) is 5. The van der Waals surface area contributed by atoms with Crippen molar-refractivity contribution in [3.8, 4) is 5.75 Å².